The fourth-order valence-corrected chi connectivity index (χ4v) is 2.65. The summed E-state index contributed by atoms with van der Waals surface area (Å²) in [7, 11) is 0. The lowest BCUT2D eigenvalue weighted by atomic mass is 10.1. The molecule has 0 aromatic rings. The fraction of sp³-hybridized carbons (Fsp3) is 0.800. The van der Waals surface area contributed by atoms with Crippen molar-refractivity contribution in [2.75, 3.05) is 24.0 Å². The third-order valence-electron chi connectivity index (χ3n) is 2.51. The third-order valence-corrected chi connectivity index (χ3v) is 4.13. The molecule has 1 aliphatic rings. The number of nitrogens with one attached hydrogen (secondary N) is 1. The minimum absolute atomic E-state index is 0.257. The molecule has 18 heavy (non-hydrogen) atoms. The van der Waals surface area contributed by atoms with Gasteiger partial charge < -0.3 is 19.2 Å². The second-order valence-corrected chi connectivity index (χ2v) is 7.23. The quantitative estimate of drug-likeness (QED) is 0.497. The number of morpholine rings is 1. The molecule has 104 valence electrons. The topological polar surface area (TPSA) is 102 Å². The van der Waals surface area contributed by atoms with Gasteiger partial charge in [0.2, 0.25) is 0 Å². The van der Waals surface area contributed by atoms with Gasteiger partial charge in [-0.15, -0.1) is 0 Å². The molecule has 4 atom stereocenters. The van der Waals surface area contributed by atoms with Crippen molar-refractivity contribution >= 4 is 34.2 Å². The van der Waals surface area contributed by atoms with Crippen LogP contribution >= 0.6 is 0 Å². The van der Waals surface area contributed by atoms with Crippen molar-refractivity contribution in [1.29, 1.82) is 0 Å². The first-order chi connectivity index (χ1) is 8.40. The summed E-state index contributed by atoms with van der Waals surface area (Å²) in [6.07, 6.45) is 2.77. The fourth-order valence-electron chi connectivity index (χ4n) is 1.54. The van der Waals surface area contributed by atoms with Gasteiger partial charge in [-0.2, -0.15) is 0 Å². The number of amides is 1. The minimum atomic E-state index is -1.02. The molecule has 1 N–H and O–H groups in total. The maximum Gasteiger partial charge on any atom is 0.329 e. The van der Waals surface area contributed by atoms with Crippen LogP contribution in [-0.2, 0) is 36.7 Å². The summed E-state index contributed by atoms with van der Waals surface area (Å²) in [6, 6.07) is -0.718. The van der Waals surface area contributed by atoms with Crippen LogP contribution in [0.25, 0.3) is 0 Å². The van der Waals surface area contributed by atoms with Crippen LogP contribution in [0.3, 0.4) is 0 Å². The molecule has 1 saturated heterocycles. The molecule has 1 aliphatic heterocycles. The molecule has 1 amide bonds. The molecule has 1 fully saturated rings. The summed E-state index contributed by atoms with van der Waals surface area (Å²) in [4.78, 5) is 23.2. The monoisotopic (exact) mass is 295 g/mol. The van der Waals surface area contributed by atoms with Crippen LogP contribution in [0.1, 0.15) is 12.8 Å². The van der Waals surface area contributed by atoms with E-state index in [1.54, 1.807) is 0 Å². The Balaban J connectivity index is 2.44. The van der Waals surface area contributed by atoms with Gasteiger partial charge in [0.25, 0.3) is 5.91 Å². The first-order valence-corrected chi connectivity index (χ1v) is 8.96. The number of ether oxygens (including phenoxy) is 1. The maximum absolute atomic E-state index is 11.6. The second kappa shape index (κ2) is 7.22. The highest BCUT2D eigenvalue weighted by Crippen LogP contribution is 2.12. The average Bonchev–Trinajstić information content (AvgIpc) is 2.27. The van der Waals surface area contributed by atoms with Crippen LogP contribution in [0.2, 0.25) is 0 Å². The lowest BCUT2D eigenvalue weighted by Crippen LogP contribution is -2.54. The number of carbonyl (C=O) groups is 2. The summed E-state index contributed by atoms with van der Waals surface area (Å²) in [6.45, 7) is 0. The van der Waals surface area contributed by atoms with Crippen LogP contribution in [0, 0.1) is 0 Å². The first kappa shape index (κ1) is 15.6. The van der Waals surface area contributed by atoms with E-state index in [4.69, 9.17) is 4.74 Å². The molecule has 0 aromatic heterocycles. The molecule has 1 heterocycles. The van der Waals surface area contributed by atoms with Gasteiger partial charge in [0, 0.05) is 12.8 Å². The van der Waals surface area contributed by atoms with E-state index in [-0.39, 0.29) is 12.3 Å². The van der Waals surface area contributed by atoms with Crippen molar-refractivity contribution in [3.8, 4) is 0 Å². The molecule has 6 nitrogen and oxygen atoms in total. The van der Waals surface area contributed by atoms with E-state index in [2.05, 4.69) is 5.32 Å². The predicted octanol–water partition coefficient (Wildman–Crippen LogP) is -1.07. The number of carbonyl (C=O) groups excluding carboxylic acids is 2. The maximum atomic E-state index is 11.6. The molecule has 0 spiro atoms. The summed E-state index contributed by atoms with van der Waals surface area (Å²) in [5.74, 6) is -0.225. The zero-order valence-corrected chi connectivity index (χ0v) is 12.0. The number of rotatable bonds is 6. The minimum Gasteiger partial charge on any atom is -0.617 e. The van der Waals surface area contributed by atoms with E-state index in [0.717, 1.165) is 0 Å². The highest BCUT2D eigenvalue weighted by atomic mass is 32.2. The van der Waals surface area contributed by atoms with Crippen molar-refractivity contribution in [1.82, 2.24) is 5.32 Å². The Kier molecular flexibility index (Phi) is 6.27. The number of cyclic esters (lactones) is 1. The molecule has 0 saturated carbocycles. The second-order valence-electron chi connectivity index (χ2n) is 4.12. The van der Waals surface area contributed by atoms with E-state index in [1.165, 1.54) is 12.5 Å². The molecule has 0 aromatic carbocycles. The molecular formula is C10H17NO5S2. The van der Waals surface area contributed by atoms with E-state index in [1.807, 2.05) is 0 Å². The normalized spacial score (nSPS) is 27.3. The van der Waals surface area contributed by atoms with Gasteiger partial charge >= 0.3 is 5.97 Å². The highest BCUT2D eigenvalue weighted by molar-refractivity contribution is 7.90. The zero-order chi connectivity index (χ0) is 13.7. The Morgan fingerprint density at radius 3 is 2.28 bits per heavy atom. The molecule has 0 aliphatic carbocycles. The van der Waals surface area contributed by atoms with Gasteiger partial charge in [0.05, 0.1) is 12.5 Å². The van der Waals surface area contributed by atoms with Crippen LogP contribution in [0.4, 0.5) is 0 Å². The Hall–Kier alpha value is -0.440. The summed E-state index contributed by atoms with van der Waals surface area (Å²) in [5.41, 5.74) is 0. The van der Waals surface area contributed by atoms with Crippen molar-refractivity contribution in [3.63, 3.8) is 0 Å². The lowest BCUT2D eigenvalue weighted by molar-refractivity contribution is -0.165. The van der Waals surface area contributed by atoms with E-state index in [9.17, 15) is 18.7 Å². The Morgan fingerprint density at radius 1 is 1.17 bits per heavy atom. The standard InChI is InChI=1S/C10H17NO5S2/c1-17(14)5-3-7-10(13)16-8(9(12)11-7)4-6-18(2)15/h7-8H,3-6H2,1-2H3,(H,11,12)/t7-,8-,17?,18?/m1/s1. The van der Waals surface area contributed by atoms with Gasteiger partial charge in [0.15, 0.2) is 6.10 Å². The Bertz CT molecular complexity index is 281. The van der Waals surface area contributed by atoms with Crippen LogP contribution in [-0.4, -0.2) is 57.1 Å². The van der Waals surface area contributed by atoms with Gasteiger partial charge in [-0.1, -0.05) is 22.4 Å². The van der Waals surface area contributed by atoms with Gasteiger partial charge in [-0.3, -0.25) is 4.79 Å². The van der Waals surface area contributed by atoms with Crippen molar-refractivity contribution in [2.24, 2.45) is 0 Å². The van der Waals surface area contributed by atoms with Crippen molar-refractivity contribution < 1.29 is 23.4 Å². The molecule has 1 rings (SSSR count). The molecule has 0 radical (unpaired) electrons. The first-order valence-electron chi connectivity index (χ1n) is 5.51. The van der Waals surface area contributed by atoms with E-state index >= 15 is 0 Å². The van der Waals surface area contributed by atoms with Crippen molar-refractivity contribution in [2.45, 2.75) is 25.0 Å². The SMILES string of the molecule is C[S+]([O-])CC[C@H]1NC(=O)[C@@H](CC[S+](C)[O-])OC1=O. The Morgan fingerprint density at radius 2 is 1.72 bits per heavy atom. The van der Waals surface area contributed by atoms with E-state index in [0.29, 0.717) is 17.9 Å². The smallest absolute Gasteiger partial charge is 0.329 e. The number of esters is 1. The average molecular weight is 295 g/mol. The number of hydrogen-bond donors (Lipinski definition) is 1. The zero-order valence-electron chi connectivity index (χ0n) is 10.3. The Labute approximate surface area is 112 Å². The van der Waals surface area contributed by atoms with Crippen molar-refractivity contribution in [3.05, 3.63) is 0 Å². The third kappa shape index (κ3) is 5.05. The summed E-state index contributed by atoms with van der Waals surface area (Å²) >= 11 is -2.03. The largest absolute Gasteiger partial charge is 0.617 e. The molecular weight excluding hydrogens is 278 g/mol. The highest BCUT2D eigenvalue weighted by Gasteiger charge is 2.36. The van der Waals surface area contributed by atoms with Gasteiger partial charge in [-0.25, -0.2) is 4.79 Å². The number of hydrogen-bond acceptors (Lipinski definition) is 5. The molecule has 0 bridgehead atoms. The lowest BCUT2D eigenvalue weighted by Gasteiger charge is -2.28. The summed E-state index contributed by atoms with van der Waals surface area (Å²) < 4.78 is 26.9. The van der Waals surface area contributed by atoms with Crippen LogP contribution in [0.5, 0.6) is 0 Å². The molecule has 2 unspecified atom stereocenters. The predicted molar refractivity (Wildman–Crippen MR) is 68.9 cm³/mol. The van der Waals surface area contributed by atoms with Gasteiger partial charge in [-0.05, 0) is 0 Å². The van der Waals surface area contributed by atoms with Crippen LogP contribution < -0.4 is 5.32 Å². The van der Waals surface area contributed by atoms with Gasteiger partial charge in [0.1, 0.15) is 17.5 Å². The van der Waals surface area contributed by atoms with E-state index < -0.39 is 40.5 Å². The summed E-state index contributed by atoms with van der Waals surface area (Å²) in [5, 5.41) is 2.55. The molecule has 8 heteroatoms. The van der Waals surface area contributed by atoms with Crippen LogP contribution in [0.15, 0.2) is 0 Å².